The van der Waals surface area contributed by atoms with E-state index in [2.05, 4.69) is 46.4 Å². The van der Waals surface area contributed by atoms with Gasteiger partial charge in [0, 0.05) is 33.2 Å². The molecule has 0 radical (unpaired) electrons. The molecule has 0 unspecified atom stereocenters. The van der Waals surface area contributed by atoms with Gasteiger partial charge in [-0.05, 0) is 32.3 Å². The van der Waals surface area contributed by atoms with E-state index in [9.17, 15) is 4.79 Å². The van der Waals surface area contributed by atoms with Crippen LogP contribution in [0.15, 0.2) is 29.3 Å². The molecule has 1 saturated heterocycles. The van der Waals surface area contributed by atoms with Crippen molar-refractivity contribution < 1.29 is 4.79 Å². The summed E-state index contributed by atoms with van der Waals surface area (Å²) in [5.74, 6) is 0.905. The largest absolute Gasteiger partial charge is 0.357 e. The fourth-order valence-electron chi connectivity index (χ4n) is 2.72. The Kier molecular flexibility index (Phi) is 6.44. The summed E-state index contributed by atoms with van der Waals surface area (Å²) in [5.41, 5.74) is 2.49. The molecule has 5 nitrogen and oxygen atoms in total. The lowest BCUT2D eigenvalue weighted by atomic mass is 10.1. The normalized spacial score (nSPS) is 14.9. The zero-order chi connectivity index (χ0) is 16.7. The molecule has 0 aromatic heterocycles. The number of hydrogen-bond acceptors (Lipinski definition) is 2. The number of benzene rings is 1. The number of aliphatic imine (C=N–C) groups is 1. The van der Waals surface area contributed by atoms with Gasteiger partial charge in [-0.2, -0.15) is 0 Å². The molecule has 1 N–H and O–H groups in total. The Hall–Kier alpha value is -2.04. The molecule has 1 amide bonds. The Balaban J connectivity index is 1.96. The minimum atomic E-state index is 0.127. The Morgan fingerprint density at radius 3 is 2.52 bits per heavy atom. The third kappa shape index (κ3) is 5.27. The predicted octanol–water partition coefficient (Wildman–Crippen LogP) is 2.01. The van der Waals surface area contributed by atoms with Crippen molar-refractivity contribution in [1.82, 2.24) is 15.1 Å². The zero-order valence-corrected chi connectivity index (χ0v) is 14.5. The number of nitrogens with zero attached hydrogens (tertiary/aromatic N) is 3. The van der Waals surface area contributed by atoms with E-state index in [-0.39, 0.29) is 12.5 Å². The number of rotatable bonds is 5. The first-order valence-corrected chi connectivity index (χ1v) is 8.43. The number of aryl methyl sites for hydroxylation is 1. The monoisotopic (exact) mass is 316 g/mol. The van der Waals surface area contributed by atoms with E-state index in [1.807, 2.05) is 18.9 Å². The number of carbonyl (C=O) groups is 1. The number of likely N-dealkylation sites (tertiary alicyclic amines) is 1. The maximum Gasteiger partial charge on any atom is 0.244 e. The maximum absolute atomic E-state index is 12.1. The van der Waals surface area contributed by atoms with E-state index in [0.717, 1.165) is 45.0 Å². The van der Waals surface area contributed by atoms with Crippen LogP contribution in [0.5, 0.6) is 0 Å². The Bertz CT molecular complexity index is 532. The molecule has 1 aromatic rings. The minimum Gasteiger partial charge on any atom is -0.357 e. The van der Waals surface area contributed by atoms with Gasteiger partial charge in [-0.15, -0.1) is 0 Å². The van der Waals surface area contributed by atoms with Crippen LogP contribution in [0.3, 0.4) is 0 Å². The van der Waals surface area contributed by atoms with Crippen molar-refractivity contribution in [1.29, 1.82) is 0 Å². The van der Waals surface area contributed by atoms with Gasteiger partial charge < -0.3 is 15.1 Å². The summed E-state index contributed by atoms with van der Waals surface area (Å²) in [5, 5.41) is 3.27. The summed E-state index contributed by atoms with van der Waals surface area (Å²) >= 11 is 0. The fourth-order valence-corrected chi connectivity index (χ4v) is 2.72. The van der Waals surface area contributed by atoms with Crippen molar-refractivity contribution in [2.24, 2.45) is 4.99 Å². The van der Waals surface area contributed by atoms with Gasteiger partial charge in [0.15, 0.2) is 5.96 Å². The second-order valence-corrected chi connectivity index (χ2v) is 6.10. The third-order valence-corrected chi connectivity index (χ3v) is 4.06. The number of guanidine groups is 1. The summed E-state index contributed by atoms with van der Waals surface area (Å²) in [4.78, 5) is 20.6. The van der Waals surface area contributed by atoms with Gasteiger partial charge in [0.25, 0.3) is 0 Å². The standard InChI is InChI=1S/C18H28N4O/c1-4-19-18(20-13-17(23)22-11-5-6-12-22)21(3)14-16-9-7-15(2)8-10-16/h7-10H,4-6,11-14H2,1-3H3,(H,19,20). The highest BCUT2D eigenvalue weighted by atomic mass is 16.2. The van der Waals surface area contributed by atoms with E-state index in [4.69, 9.17) is 0 Å². The van der Waals surface area contributed by atoms with Gasteiger partial charge in [0.1, 0.15) is 6.54 Å². The van der Waals surface area contributed by atoms with Gasteiger partial charge in [-0.25, -0.2) is 4.99 Å². The van der Waals surface area contributed by atoms with Crippen LogP contribution < -0.4 is 5.32 Å². The lowest BCUT2D eigenvalue weighted by Crippen LogP contribution is -2.39. The molecule has 1 aromatic carbocycles. The minimum absolute atomic E-state index is 0.127. The van der Waals surface area contributed by atoms with Crippen LogP contribution in [0.25, 0.3) is 0 Å². The third-order valence-electron chi connectivity index (χ3n) is 4.06. The van der Waals surface area contributed by atoms with E-state index < -0.39 is 0 Å². The van der Waals surface area contributed by atoms with Crippen LogP contribution in [0.4, 0.5) is 0 Å². The van der Waals surface area contributed by atoms with Crippen molar-refractivity contribution >= 4 is 11.9 Å². The molecule has 0 saturated carbocycles. The Morgan fingerprint density at radius 1 is 1.26 bits per heavy atom. The lowest BCUT2D eigenvalue weighted by Gasteiger charge is -2.22. The SMILES string of the molecule is CCNC(=NCC(=O)N1CCCC1)N(C)Cc1ccc(C)cc1. The van der Waals surface area contributed by atoms with Crippen molar-refractivity contribution in [2.75, 3.05) is 33.2 Å². The molecular weight excluding hydrogens is 288 g/mol. The highest BCUT2D eigenvalue weighted by Gasteiger charge is 2.17. The summed E-state index contributed by atoms with van der Waals surface area (Å²) in [6.07, 6.45) is 2.23. The molecule has 1 aliphatic rings. The van der Waals surface area contributed by atoms with Crippen LogP contribution in [-0.4, -0.2) is 54.9 Å². The first-order valence-electron chi connectivity index (χ1n) is 8.43. The Labute approximate surface area is 139 Å². The molecule has 1 fully saturated rings. The molecule has 0 atom stereocenters. The number of nitrogens with one attached hydrogen (secondary N) is 1. The van der Waals surface area contributed by atoms with E-state index in [0.29, 0.717) is 0 Å². The van der Waals surface area contributed by atoms with Gasteiger partial charge in [0.2, 0.25) is 5.91 Å². The highest BCUT2D eigenvalue weighted by Crippen LogP contribution is 2.08. The number of amides is 1. The van der Waals surface area contributed by atoms with Gasteiger partial charge in [-0.3, -0.25) is 4.79 Å². The van der Waals surface area contributed by atoms with E-state index in [1.54, 1.807) is 0 Å². The fraction of sp³-hybridized carbons (Fsp3) is 0.556. The molecule has 126 valence electrons. The lowest BCUT2D eigenvalue weighted by molar-refractivity contribution is -0.128. The predicted molar refractivity (Wildman–Crippen MR) is 94.4 cm³/mol. The molecule has 23 heavy (non-hydrogen) atoms. The highest BCUT2D eigenvalue weighted by molar-refractivity contribution is 5.85. The van der Waals surface area contributed by atoms with Crippen LogP contribution in [0.1, 0.15) is 30.9 Å². The average Bonchev–Trinajstić information content (AvgIpc) is 3.07. The van der Waals surface area contributed by atoms with Crippen molar-refractivity contribution in [3.63, 3.8) is 0 Å². The maximum atomic E-state index is 12.1. The summed E-state index contributed by atoms with van der Waals surface area (Å²) in [6.45, 7) is 7.66. The van der Waals surface area contributed by atoms with Gasteiger partial charge >= 0.3 is 0 Å². The van der Waals surface area contributed by atoms with Gasteiger partial charge in [0.05, 0.1) is 0 Å². The first-order chi connectivity index (χ1) is 11.1. The molecule has 5 heteroatoms. The van der Waals surface area contributed by atoms with Crippen molar-refractivity contribution in [2.45, 2.75) is 33.2 Å². The Morgan fingerprint density at radius 2 is 1.91 bits per heavy atom. The summed E-state index contributed by atoms with van der Waals surface area (Å²) in [7, 11) is 2.00. The van der Waals surface area contributed by atoms with E-state index >= 15 is 0 Å². The molecular formula is C18H28N4O. The second-order valence-electron chi connectivity index (χ2n) is 6.10. The van der Waals surface area contributed by atoms with Crippen LogP contribution in [0.2, 0.25) is 0 Å². The van der Waals surface area contributed by atoms with Crippen LogP contribution in [-0.2, 0) is 11.3 Å². The molecule has 0 spiro atoms. The molecule has 1 heterocycles. The van der Waals surface area contributed by atoms with Crippen molar-refractivity contribution in [3.8, 4) is 0 Å². The number of carbonyl (C=O) groups excluding carboxylic acids is 1. The second kappa shape index (κ2) is 8.56. The topological polar surface area (TPSA) is 47.9 Å². The van der Waals surface area contributed by atoms with Crippen LogP contribution in [0, 0.1) is 6.92 Å². The molecule has 0 bridgehead atoms. The van der Waals surface area contributed by atoms with E-state index in [1.165, 1.54) is 11.1 Å². The van der Waals surface area contributed by atoms with Crippen molar-refractivity contribution in [3.05, 3.63) is 35.4 Å². The number of hydrogen-bond donors (Lipinski definition) is 1. The molecule has 0 aliphatic carbocycles. The zero-order valence-electron chi connectivity index (χ0n) is 14.5. The molecule has 2 rings (SSSR count). The summed E-state index contributed by atoms with van der Waals surface area (Å²) < 4.78 is 0. The molecule has 1 aliphatic heterocycles. The smallest absolute Gasteiger partial charge is 0.244 e. The summed E-state index contributed by atoms with van der Waals surface area (Å²) in [6, 6.07) is 8.49. The van der Waals surface area contributed by atoms with Gasteiger partial charge in [-0.1, -0.05) is 29.8 Å². The first kappa shape index (κ1) is 17.3. The van der Waals surface area contributed by atoms with Crippen LogP contribution >= 0.6 is 0 Å². The average molecular weight is 316 g/mol. The quantitative estimate of drug-likeness (QED) is 0.668.